The maximum Gasteiger partial charge on any atom is -0.00258 e. The first-order valence-corrected chi connectivity index (χ1v) is 5.86. The molecule has 0 nitrogen and oxygen atoms in total. The topological polar surface area (TPSA) is 0 Å². The zero-order chi connectivity index (χ0) is 11.8. The molecule has 0 atom stereocenters. The second kappa shape index (κ2) is 6.49. The van der Waals surface area contributed by atoms with Crippen molar-refractivity contribution in [3.05, 3.63) is 96.2 Å². The lowest BCUT2D eigenvalue weighted by Crippen LogP contribution is -1.84. The average molecular weight is 220 g/mol. The van der Waals surface area contributed by atoms with E-state index in [1.165, 1.54) is 11.1 Å². The first kappa shape index (κ1) is 11.4. The largest absolute Gasteiger partial charge is 0.0623 e. The summed E-state index contributed by atoms with van der Waals surface area (Å²) in [5.41, 5.74) is 2.64. The van der Waals surface area contributed by atoms with Gasteiger partial charge in [0, 0.05) is 0 Å². The summed E-state index contributed by atoms with van der Waals surface area (Å²) >= 11 is 0. The van der Waals surface area contributed by atoms with Crippen LogP contribution in [0.25, 0.3) is 0 Å². The zero-order valence-electron chi connectivity index (χ0n) is 9.79. The third-order valence-corrected chi connectivity index (χ3v) is 2.54. The molecule has 0 N–H and O–H groups in total. The van der Waals surface area contributed by atoms with E-state index in [4.69, 9.17) is 0 Å². The van der Waals surface area contributed by atoms with Gasteiger partial charge in [0.15, 0.2) is 0 Å². The lowest BCUT2D eigenvalue weighted by atomic mass is 10.0. The Kier molecular flexibility index (Phi) is 4.36. The van der Waals surface area contributed by atoms with Crippen LogP contribution in [0, 0.1) is 0 Å². The molecule has 0 aliphatic heterocycles. The molecule has 0 heterocycles. The normalized spacial score (nSPS) is 35.5. The van der Waals surface area contributed by atoms with Gasteiger partial charge in [0.1, 0.15) is 0 Å². The third kappa shape index (κ3) is 4.12. The van der Waals surface area contributed by atoms with Crippen LogP contribution in [-0.4, -0.2) is 0 Å². The molecular weight excluding hydrogens is 204 g/mol. The number of allylic oxidation sites excluding steroid dienone is 16. The van der Waals surface area contributed by atoms with E-state index in [0.717, 1.165) is 6.42 Å². The summed E-state index contributed by atoms with van der Waals surface area (Å²) < 4.78 is 0. The van der Waals surface area contributed by atoms with Gasteiger partial charge in [0.25, 0.3) is 0 Å². The summed E-state index contributed by atoms with van der Waals surface area (Å²) in [5, 5.41) is 0. The summed E-state index contributed by atoms with van der Waals surface area (Å²) in [7, 11) is 0. The van der Waals surface area contributed by atoms with E-state index in [1.54, 1.807) is 0 Å². The van der Waals surface area contributed by atoms with Crippen molar-refractivity contribution in [3.63, 3.8) is 0 Å². The predicted molar refractivity (Wildman–Crippen MR) is 75.6 cm³/mol. The molecule has 2 aliphatic carbocycles. The van der Waals surface area contributed by atoms with Gasteiger partial charge in [-0.1, -0.05) is 85.1 Å². The van der Waals surface area contributed by atoms with Crippen molar-refractivity contribution in [2.24, 2.45) is 0 Å². The number of hydrogen-bond acceptors (Lipinski definition) is 0. The molecule has 0 bridgehead atoms. The minimum Gasteiger partial charge on any atom is -0.0623 e. The number of rotatable bonds is 2. The molecule has 84 valence electrons. The molecule has 0 fully saturated rings. The molecule has 0 spiro atoms. The van der Waals surface area contributed by atoms with E-state index >= 15 is 0 Å². The quantitative estimate of drug-likeness (QED) is 0.638. The molecule has 0 aromatic carbocycles. The molecule has 2 aliphatic rings. The van der Waals surface area contributed by atoms with Gasteiger partial charge in [-0.15, -0.1) is 0 Å². The smallest absolute Gasteiger partial charge is 0.00258 e. The molecule has 0 amide bonds. The first-order valence-electron chi connectivity index (χ1n) is 5.86. The molecule has 0 aromatic heterocycles. The van der Waals surface area contributed by atoms with Gasteiger partial charge >= 0.3 is 0 Å². The van der Waals surface area contributed by atoms with Gasteiger partial charge < -0.3 is 0 Å². The van der Waals surface area contributed by atoms with Crippen LogP contribution in [0.15, 0.2) is 96.2 Å². The van der Waals surface area contributed by atoms with Crippen molar-refractivity contribution in [3.8, 4) is 0 Å². The Morgan fingerprint density at radius 1 is 0.471 bits per heavy atom. The Labute approximate surface area is 103 Å². The van der Waals surface area contributed by atoms with Crippen LogP contribution in [-0.2, 0) is 0 Å². The molecule has 0 unspecified atom stereocenters. The van der Waals surface area contributed by atoms with Crippen LogP contribution in [0.4, 0.5) is 0 Å². The van der Waals surface area contributed by atoms with E-state index in [1.807, 2.05) is 12.2 Å². The van der Waals surface area contributed by atoms with Crippen LogP contribution >= 0.6 is 0 Å². The van der Waals surface area contributed by atoms with Crippen LogP contribution in [0.3, 0.4) is 0 Å². The van der Waals surface area contributed by atoms with Crippen LogP contribution in [0.5, 0.6) is 0 Å². The van der Waals surface area contributed by atoms with Crippen molar-refractivity contribution in [1.29, 1.82) is 0 Å². The van der Waals surface area contributed by atoms with Gasteiger partial charge in [-0.3, -0.25) is 0 Å². The molecule has 2 rings (SSSR count). The van der Waals surface area contributed by atoms with Gasteiger partial charge in [-0.25, -0.2) is 0 Å². The second-order valence-corrected chi connectivity index (χ2v) is 3.92. The summed E-state index contributed by atoms with van der Waals surface area (Å²) in [6.07, 6.45) is 30.2. The van der Waals surface area contributed by atoms with Crippen LogP contribution < -0.4 is 0 Å². The standard InChI is InChI=1S/C17H16/c1-3-7-11-16(12-8-4-1)15-17-13-9-5-2-6-10-14-17/h1-14H,15H2/b3-1-,4-1?,5-2-,6-2?,7-3?,8-4-,9-5?,10-6-,11-7-,12-8?,13-9-,14-10?,16-11?,16-12+,17-13?,17-14+. The van der Waals surface area contributed by atoms with Crippen molar-refractivity contribution < 1.29 is 0 Å². The second-order valence-electron chi connectivity index (χ2n) is 3.92. The molecular formula is C17H16. The lowest BCUT2D eigenvalue weighted by molar-refractivity contribution is 1.20. The average Bonchev–Trinajstić information content (AvgIpc) is 2.24. The van der Waals surface area contributed by atoms with Gasteiger partial charge in [0.2, 0.25) is 0 Å². The predicted octanol–water partition coefficient (Wildman–Crippen LogP) is 4.59. The monoisotopic (exact) mass is 220 g/mol. The molecule has 0 heteroatoms. The molecule has 0 saturated carbocycles. The summed E-state index contributed by atoms with van der Waals surface area (Å²) in [6, 6.07) is 0. The Morgan fingerprint density at radius 2 is 0.882 bits per heavy atom. The van der Waals surface area contributed by atoms with E-state index < -0.39 is 0 Å². The van der Waals surface area contributed by atoms with E-state index in [2.05, 4.69) is 72.9 Å². The Morgan fingerprint density at radius 3 is 1.41 bits per heavy atom. The molecule has 0 aromatic rings. The van der Waals surface area contributed by atoms with E-state index in [0.29, 0.717) is 0 Å². The molecule has 0 saturated heterocycles. The molecule has 17 heavy (non-hydrogen) atoms. The fourth-order valence-electron chi connectivity index (χ4n) is 1.68. The Hall–Kier alpha value is -2.08. The summed E-state index contributed by atoms with van der Waals surface area (Å²) in [5.74, 6) is 0. The zero-order valence-corrected chi connectivity index (χ0v) is 9.79. The minimum atomic E-state index is 0.962. The lowest BCUT2D eigenvalue weighted by Gasteiger charge is -2.04. The summed E-state index contributed by atoms with van der Waals surface area (Å²) in [4.78, 5) is 0. The first-order chi connectivity index (χ1) is 8.45. The highest BCUT2D eigenvalue weighted by atomic mass is 14.0. The number of hydrogen-bond donors (Lipinski definition) is 0. The van der Waals surface area contributed by atoms with Gasteiger partial charge in [-0.2, -0.15) is 0 Å². The Bertz CT molecular complexity index is 440. The van der Waals surface area contributed by atoms with E-state index in [9.17, 15) is 0 Å². The Balaban J connectivity index is 2.10. The van der Waals surface area contributed by atoms with E-state index in [-0.39, 0.29) is 0 Å². The fourth-order valence-corrected chi connectivity index (χ4v) is 1.68. The van der Waals surface area contributed by atoms with Crippen molar-refractivity contribution in [2.75, 3.05) is 0 Å². The van der Waals surface area contributed by atoms with Crippen molar-refractivity contribution in [1.82, 2.24) is 0 Å². The highest BCUT2D eigenvalue weighted by Crippen LogP contribution is 2.16. The third-order valence-electron chi connectivity index (χ3n) is 2.54. The SMILES string of the molecule is C1=C\C=C/C(CC2=C/C=C\C=C/C=C\2)=C\C=C/1. The van der Waals surface area contributed by atoms with Crippen LogP contribution in [0.2, 0.25) is 0 Å². The molecule has 0 radical (unpaired) electrons. The maximum absolute atomic E-state index is 2.16. The van der Waals surface area contributed by atoms with Gasteiger partial charge in [0.05, 0.1) is 0 Å². The van der Waals surface area contributed by atoms with Crippen molar-refractivity contribution >= 4 is 0 Å². The summed E-state index contributed by atoms with van der Waals surface area (Å²) in [6.45, 7) is 0. The highest BCUT2D eigenvalue weighted by Gasteiger charge is 1.96. The maximum atomic E-state index is 2.16. The minimum absolute atomic E-state index is 0.962. The van der Waals surface area contributed by atoms with Crippen molar-refractivity contribution in [2.45, 2.75) is 6.42 Å². The van der Waals surface area contributed by atoms with Crippen LogP contribution in [0.1, 0.15) is 6.42 Å². The fraction of sp³-hybridized carbons (Fsp3) is 0.0588. The highest BCUT2D eigenvalue weighted by molar-refractivity contribution is 5.39. The van der Waals surface area contributed by atoms with Gasteiger partial charge in [-0.05, 0) is 17.6 Å².